The first-order valence-electron chi connectivity index (χ1n) is 8.62. The minimum Gasteiger partial charge on any atom is -0.480 e. The zero-order chi connectivity index (χ0) is 18.7. The summed E-state index contributed by atoms with van der Waals surface area (Å²) in [5.74, 6) is 0.382. The van der Waals surface area contributed by atoms with Crippen LogP contribution in [0.25, 0.3) is 0 Å². The fourth-order valence-electron chi connectivity index (χ4n) is 2.84. The maximum atomic E-state index is 12.5. The van der Waals surface area contributed by atoms with Crippen molar-refractivity contribution in [2.75, 3.05) is 18.9 Å². The summed E-state index contributed by atoms with van der Waals surface area (Å²) in [7, 11) is 1.72. The van der Waals surface area contributed by atoms with E-state index in [0.717, 1.165) is 11.3 Å². The maximum Gasteiger partial charge on any atom is 0.265 e. The first-order chi connectivity index (χ1) is 12.5. The Hall–Kier alpha value is -2.57. The number of hydrogen-bond acceptors (Lipinski definition) is 4. The van der Waals surface area contributed by atoms with Gasteiger partial charge in [0.1, 0.15) is 5.75 Å². The second kappa shape index (κ2) is 8.88. The lowest BCUT2D eigenvalue weighted by atomic mass is 10.1. The van der Waals surface area contributed by atoms with Crippen molar-refractivity contribution >= 4 is 29.9 Å². The van der Waals surface area contributed by atoms with Crippen LogP contribution in [0.1, 0.15) is 22.8 Å². The highest BCUT2D eigenvalue weighted by Gasteiger charge is 2.29. The van der Waals surface area contributed by atoms with Gasteiger partial charge in [-0.2, -0.15) is 0 Å². The number of ether oxygens (including phenoxy) is 1. The molecule has 2 aromatic rings. The normalized spacial score (nSPS) is 15.7. The Kier molecular flexibility index (Phi) is 6.82. The summed E-state index contributed by atoms with van der Waals surface area (Å²) in [5.41, 5.74) is 7.71. The number of para-hydroxylation sites is 1. The minimum absolute atomic E-state index is 0. The lowest BCUT2D eigenvalue weighted by molar-refractivity contribution is -0.122. The van der Waals surface area contributed by atoms with E-state index >= 15 is 0 Å². The Balaban J connectivity index is 0.00000261. The van der Waals surface area contributed by atoms with E-state index in [2.05, 4.69) is 5.32 Å². The molecule has 0 radical (unpaired) electrons. The van der Waals surface area contributed by atoms with Crippen LogP contribution in [0.15, 0.2) is 48.5 Å². The SMILES string of the molecule is CC(CN)N(C)C(=O)c1cccc(NC(=O)C2Cc3ccccc3O2)c1.Cl. The molecule has 27 heavy (non-hydrogen) atoms. The number of amides is 2. The summed E-state index contributed by atoms with van der Waals surface area (Å²) in [6.45, 7) is 2.27. The Morgan fingerprint density at radius 1 is 1.26 bits per heavy atom. The van der Waals surface area contributed by atoms with Gasteiger partial charge in [-0.3, -0.25) is 9.59 Å². The van der Waals surface area contributed by atoms with E-state index in [4.69, 9.17) is 10.5 Å². The molecule has 1 heterocycles. The molecule has 2 atom stereocenters. The Labute approximate surface area is 165 Å². The van der Waals surface area contributed by atoms with Gasteiger partial charge >= 0.3 is 0 Å². The van der Waals surface area contributed by atoms with E-state index < -0.39 is 6.10 Å². The average Bonchev–Trinajstić information content (AvgIpc) is 3.10. The molecular weight excluding hydrogens is 366 g/mol. The number of nitrogens with zero attached hydrogens (tertiary/aromatic N) is 1. The van der Waals surface area contributed by atoms with Crippen LogP contribution in [0.2, 0.25) is 0 Å². The van der Waals surface area contributed by atoms with Gasteiger partial charge in [0, 0.05) is 37.3 Å². The van der Waals surface area contributed by atoms with E-state index in [0.29, 0.717) is 24.2 Å². The molecule has 2 aromatic carbocycles. The number of halogens is 1. The zero-order valence-electron chi connectivity index (χ0n) is 15.3. The Morgan fingerprint density at radius 3 is 2.70 bits per heavy atom. The molecule has 2 unspecified atom stereocenters. The Morgan fingerprint density at radius 2 is 2.00 bits per heavy atom. The van der Waals surface area contributed by atoms with Crippen molar-refractivity contribution in [2.45, 2.75) is 25.5 Å². The average molecular weight is 390 g/mol. The maximum absolute atomic E-state index is 12.5. The summed E-state index contributed by atoms with van der Waals surface area (Å²) >= 11 is 0. The van der Waals surface area contributed by atoms with E-state index in [1.165, 1.54) is 0 Å². The molecule has 1 aliphatic rings. The quantitative estimate of drug-likeness (QED) is 0.822. The predicted molar refractivity (Wildman–Crippen MR) is 107 cm³/mol. The number of benzene rings is 2. The number of anilines is 1. The van der Waals surface area contributed by atoms with E-state index in [1.807, 2.05) is 31.2 Å². The molecular formula is C20H24ClN3O3. The molecule has 7 heteroatoms. The van der Waals surface area contributed by atoms with Crippen LogP contribution in [-0.4, -0.2) is 42.5 Å². The van der Waals surface area contributed by atoms with Crippen LogP contribution in [-0.2, 0) is 11.2 Å². The highest BCUT2D eigenvalue weighted by Crippen LogP contribution is 2.28. The first kappa shape index (κ1) is 20.7. The van der Waals surface area contributed by atoms with Crippen LogP contribution in [0, 0.1) is 0 Å². The first-order valence-corrected chi connectivity index (χ1v) is 8.62. The number of nitrogens with one attached hydrogen (secondary N) is 1. The van der Waals surface area contributed by atoms with Crippen molar-refractivity contribution in [2.24, 2.45) is 5.73 Å². The lowest BCUT2D eigenvalue weighted by Gasteiger charge is -2.24. The highest BCUT2D eigenvalue weighted by atomic mass is 35.5. The molecule has 6 nitrogen and oxygen atoms in total. The third kappa shape index (κ3) is 4.59. The molecule has 3 N–H and O–H groups in total. The van der Waals surface area contributed by atoms with Crippen molar-refractivity contribution in [1.82, 2.24) is 4.90 Å². The summed E-state index contributed by atoms with van der Waals surface area (Å²) in [6.07, 6.45) is -0.0242. The molecule has 144 valence electrons. The molecule has 1 aliphatic heterocycles. The largest absolute Gasteiger partial charge is 0.480 e. The second-order valence-corrected chi connectivity index (χ2v) is 6.49. The van der Waals surface area contributed by atoms with Gasteiger partial charge in [-0.25, -0.2) is 0 Å². The standard InChI is InChI=1S/C20H23N3O3.ClH/c1-13(12-21)23(2)20(25)15-7-5-8-16(10-15)22-19(24)18-11-14-6-3-4-9-17(14)26-18;/h3-10,13,18H,11-12,21H2,1-2H3,(H,22,24);1H. The lowest BCUT2D eigenvalue weighted by Crippen LogP contribution is -2.39. The van der Waals surface area contributed by atoms with Crippen molar-refractivity contribution in [3.05, 3.63) is 59.7 Å². The van der Waals surface area contributed by atoms with Gasteiger partial charge in [-0.15, -0.1) is 12.4 Å². The number of rotatable bonds is 5. The molecule has 0 aromatic heterocycles. The predicted octanol–water partition coefficient (Wildman–Crippen LogP) is 2.47. The number of likely N-dealkylation sites (N-methyl/N-ethyl adjacent to an activating group) is 1. The van der Waals surface area contributed by atoms with Crippen LogP contribution >= 0.6 is 12.4 Å². The summed E-state index contributed by atoms with van der Waals surface area (Å²) in [4.78, 5) is 26.6. The third-order valence-electron chi connectivity index (χ3n) is 4.64. The molecule has 0 saturated heterocycles. The van der Waals surface area contributed by atoms with E-state index in [1.54, 1.807) is 36.2 Å². The summed E-state index contributed by atoms with van der Waals surface area (Å²) in [6, 6.07) is 14.4. The molecule has 0 aliphatic carbocycles. The van der Waals surface area contributed by atoms with Crippen LogP contribution in [0.5, 0.6) is 5.75 Å². The van der Waals surface area contributed by atoms with Crippen molar-refractivity contribution in [3.8, 4) is 5.75 Å². The van der Waals surface area contributed by atoms with Gasteiger partial charge in [-0.05, 0) is 36.8 Å². The highest BCUT2D eigenvalue weighted by molar-refractivity contribution is 5.98. The fourth-order valence-corrected chi connectivity index (χ4v) is 2.84. The molecule has 0 spiro atoms. The number of nitrogens with two attached hydrogens (primary N) is 1. The monoisotopic (exact) mass is 389 g/mol. The van der Waals surface area contributed by atoms with Gasteiger partial charge in [0.2, 0.25) is 0 Å². The number of carbonyl (C=O) groups is 2. The minimum atomic E-state index is -0.563. The topological polar surface area (TPSA) is 84.7 Å². The van der Waals surface area contributed by atoms with Crippen molar-refractivity contribution in [1.29, 1.82) is 0 Å². The number of hydrogen-bond donors (Lipinski definition) is 2. The second-order valence-electron chi connectivity index (χ2n) is 6.49. The Bertz CT molecular complexity index is 803. The molecule has 0 saturated carbocycles. The van der Waals surface area contributed by atoms with Crippen molar-refractivity contribution < 1.29 is 14.3 Å². The number of carbonyl (C=O) groups excluding carboxylic acids is 2. The smallest absolute Gasteiger partial charge is 0.265 e. The molecule has 2 amide bonds. The number of fused-ring (bicyclic) bond motifs is 1. The van der Waals surface area contributed by atoms with E-state index in [-0.39, 0.29) is 30.3 Å². The third-order valence-corrected chi connectivity index (χ3v) is 4.64. The van der Waals surface area contributed by atoms with Gasteiger partial charge < -0.3 is 20.7 Å². The summed E-state index contributed by atoms with van der Waals surface area (Å²) < 4.78 is 5.70. The molecule has 0 fully saturated rings. The van der Waals surface area contributed by atoms with E-state index in [9.17, 15) is 9.59 Å². The van der Waals surface area contributed by atoms with Gasteiger partial charge in [0.25, 0.3) is 11.8 Å². The van der Waals surface area contributed by atoms with Gasteiger partial charge in [-0.1, -0.05) is 24.3 Å². The van der Waals surface area contributed by atoms with Crippen LogP contribution < -0.4 is 15.8 Å². The van der Waals surface area contributed by atoms with Crippen LogP contribution in [0.3, 0.4) is 0 Å². The summed E-state index contributed by atoms with van der Waals surface area (Å²) in [5, 5.41) is 2.84. The molecule has 3 rings (SSSR count). The van der Waals surface area contributed by atoms with Crippen LogP contribution in [0.4, 0.5) is 5.69 Å². The van der Waals surface area contributed by atoms with Gasteiger partial charge in [0.05, 0.1) is 0 Å². The molecule has 0 bridgehead atoms. The van der Waals surface area contributed by atoms with Crippen molar-refractivity contribution in [3.63, 3.8) is 0 Å². The van der Waals surface area contributed by atoms with Gasteiger partial charge in [0.15, 0.2) is 6.10 Å². The fraction of sp³-hybridized carbons (Fsp3) is 0.300. The zero-order valence-corrected chi connectivity index (χ0v) is 16.2.